The van der Waals surface area contributed by atoms with Crippen molar-refractivity contribution in [2.24, 2.45) is 7.05 Å². The Balaban J connectivity index is 2.38. The molecular formula is C15H16N4O2. The van der Waals surface area contributed by atoms with E-state index in [1.807, 2.05) is 37.7 Å². The highest BCUT2D eigenvalue weighted by Gasteiger charge is 2.20. The lowest BCUT2D eigenvalue weighted by molar-refractivity contribution is 0.0699. The zero-order valence-electron chi connectivity index (χ0n) is 12.1. The first kappa shape index (κ1) is 13.4. The summed E-state index contributed by atoms with van der Waals surface area (Å²) >= 11 is 0. The van der Waals surface area contributed by atoms with Gasteiger partial charge in [0.1, 0.15) is 11.3 Å². The van der Waals surface area contributed by atoms with Crippen LogP contribution in [0.3, 0.4) is 0 Å². The van der Waals surface area contributed by atoms with Crippen LogP contribution in [0.4, 0.5) is 0 Å². The van der Waals surface area contributed by atoms with E-state index >= 15 is 0 Å². The fourth-order valence-corrected chi connectivity index (χ4v) is 2.47. The molecule has 2 aromatic heterocycles. The zero-order valence-corrected chi connectivity index (χ0v) is 12.1. The largest absolute Gasteiger partial charge is 0.478 e. The summed E-state index contributed by atoms with van der Waals surface area (Å²) in [6, 6.07) is 5.20. The predicted molar refractivity (Wildman–Crippen MR) is 78.9 cm³/mol. The van der Waals surface area contributed by atoms with Gasteiger partial charge >= 0.3 is 5.97 Å². The van der Waals surface area contributed by atoms with Gasteiger partial charge < -0.3 is 5.11 Å². The van der Waals surface area contributed by atoms with Gasteiger partial charge in [0.25, 0.3) is 0 Å². The van der Waals surface area contributed by atoms with Crippen LogP contribution in [0, 0.1) is 0 Å². The van der Waals surface area contributed by atoms with E-state index in [-0.39, 0.29) is 11.5 Å². The number of carboxylic acid groups (broad SMARTS) is 1. The first-order valence-corrected chi connectivity index (χ1v) is 6.72. The van der Waals surface area contributed by atoms with Crippen LogP contribution in [0.15, 0.2) is 30.6 Å². The lowest BCUT2D eigenvalue weighted by Crippen LogP contribution is -2.02. The average molecular weight is 284 g/mol. The molecule has 2 heterocycles. The molecule has 0 aliphatic rings. The van der Waals surface area contributed by atoms with Crippen LogP contribution in [0.25, 0.3) is 16.7 Å². The molecule has 3 rings (SSSR count). The topological polar surface area (TPSA) is 72.9 Å². The number of hydrogen-bond acceptors (Lipinski definition) is 3. The molecule has 6 heteroatoms. The molecule has 1 aromatic carbocycles. The minimum atomic E-state index is -0.966. The fourth-order valence-electron chi connectivity index (χ4n) is 2.47. The summed E-state index contributed by atoms with van der Waals surface area (Å²) < 4.78 is 3.69. The van der Waals surface area contributed by atoms with Gasteiger partial charge in [-0.1, -0.05) is 19.9 Å². The summed E-state index contributed by atoms with van der Waals surface area (Å²) in [5.74, 6) is 0.0256. The normalized spacial score (nSPS) is 11.4. The number of imidazole rings is 1. The standard InChI is InChI=1S/C15H16N4O2/c1-9(2)14-17-13-11(15(20)21)5-4-6-12(13)19(14)10-7-16-18(3)8-10/h4-9H,1-3H3,(H,20,21). The summed E-state index contributed by atoms with van der Waals surface area (Å²) in [6.07, 6.45) is 3.64. The molecule has 0 saturated heterocycles. The number of aromatic carboxylic acids is 1. The lowest BCUT2D eigenvalue weighted by Gasteiger charge is -2.08. The maximum Gasteiger partial charge on any atom is 0.337 e. The third-order valence-electron chi connectivity index (χ3n) is 3.41. The molecule has 0 saturated carbocycles. The van der Waals surface area contributed by atoms with Crippen LogP contribution in [-0.4, -0.2) is 30.4 Å². The molecule has 0 radical (unpaired) electrons. The van der Waals surface area contributed by atoms with Gasteiger partial charge in [0, 0.05) is 19.2 Å². The summed E-state index contributed by atoms with van der Waals surface area (Å²) in [7, 11) is 1.85. The third kappa shape index (κ3) is 2.08. The van der Waals surface area contributed by atoms with Crippen molar-refractivity contribution in [1.82, 2.24) is 19.3 Å². The summed E-state index contributed by atoms with van der Waals surface area (Å²) in [4.78, 5) is 15.9. The third-order valence-corrected chi connectivity index (χ3v) is 3.41. The van der Waals surface area contributed by atoms with Crippen molar-refractivity contribution in [2.75, 3.05) is 0 Å². The summed E-state index contributed by atoms with van der Waals surface area (Å²) in [6.45, 7) is 4.07. The minimum Gasteiger partial charge on any atom is -0.478 e. The Labute approximate surface area is 121 Å². The number of carboxylic acids is 1. The van der Waals surface area contributed by atoms with Gasteiger partial charge in [-0.3, -0.25) is 9.25 Å². The first-order valence-electron chi connectivity index (χ1n) is 6.72. The molecular weight excluding hydrogens is 268 g/mol. The smallest absolute Gasteiger partial charge is 0.337 e. The van der Waals surface area contributed by atoms with Crippen molar-refractivity contribution in [2.45, 2.75) is 19.8 Å². The van der Waals surface area contributed by atoms with Crippen LogP contribution >= 0.6 is 0 Å². The second-order valence-corrected chi connectivity index (χ2v) is 5.31. The van der Waals surface area contributed by atoms with Gasteiger partial charge in [-0.15, -0.1) is 0 Å². The summed E-state index contributed by atoms with van der Waals surface area (Å²) in [5.41, 5.74) is 2.40. The molecule has 0 amide bonds. The Morgan fingerprint density at radius 1 is 1.33 bits per heavy atom. The molecule has 0 unspecified atom stereocenters. The minimum absolute atomic E-state index is 0.166. The molecule has 0 atom stereocenters. The highest BCUT2D eigenvalue weighted by Crippen LogP contribution is 2.27. The van der Waals surface area contributed by atoms with Crippen LogP contribution in [0.1, 0.15) is 35.9 Å². The Kier molecular flexibility index (Phi) is 3.01. The van der Waals surface area contributed by atoms with Gasteiger partial charge in [-0.2, -0.15) is 5.10 Å². The van der Waals surface area contributed by atoms with Gasteiger partial charge in [-0.05, 0) is 12.1 Å². The van der Waals surface area contributed by atoms with E-state index in [1.165, 1.54) is 0 Å². The number of rotatable bonds is 3. The molecule has 0 fully saturated rings. The number of aromatic nitrogens is 4. The van der Waals surface area contributed by atoms with Gasteiger partial charge in [0.05, 0.1) is 23.0 Å². The number of fused-ring (bicyclic) bond motifs is 1. The van der Waals surface area contributed by atoms with Gasteiger partial charge in [0.15, 0.2) is 0 Å². The second kappa shape index (κ2) is 4.73. The maximum absolute atomic E-state index is 11.4. The monoisotopic (exact) mass is 284 g/mol. The van der Waals surface area contributed by atoms with E-state index in [1.54, 1.807) is 23.0 Å². The Hall–Kier alpha value is -2.63. The van der Waals surface area contributed by atoms with E-state index in [0.29, 0.717) is 5.52 Å². The average Bonchev–Trinajstić information content (AvgIpc) is 3.00. The number of aryl methyl sites for hydroxylation is 1. The van der Waals surface area contributed by atoms with Crippen molar-refractivity contribution in [1.29, 1.82) is 0 Å². The van der Waals surface area contributed by atoms with Gasteiger partial charge in [0.2, 0.25) is 0 Å². The first-order chi connectivity index (χ1) is 9.99. The molecule has 21 heavy (non-hydrogen) atoms. The molecule has 3 aromatic rings. The fraction of sp³-hybridized carbons (Fsp3) is 0.267. The van der Waals surface area contributed by atoms with Crippen molar-refractivity contribution >= 4 is 17.0 Å². The Morgan fingerprint density at radius 2 is 2.10 bits per heavy atom. The predicted octanol–water partition coefficient (Wildman–Crippen LogP) is 2.58. The molecule has 6 nitrogen and oxygen atoms in total. The van der Waals surface area contributed by atoms with Crippen molar-refractivity contribution in [3.63, 3.8) is 0 Å². The molecule has 0 aliphatic carbocycles. The molecule has 0 bridgehead atoms. The molecule has 0 spiro atoms. The SMILES string of the molecule is CC(C)c1nc2c(C(=O)O)cccc2n1-c1cnn(C)c1. The number of hydrogen-bond donors (Lipinski definition) is 1. The molecule has 0 aliphatic heterocycles. The van der Waals surface area contributed by atoms with Crippen molar-refractivity contribution in [3.05, 3.63) is 42.0 Å². The van der Waals surface area contributed by atoms with E-state index in [9.17, 15) is 9.90 Å². The van der Waals surface area contributed by atoms with Crippen LogP contribution in [0.2, 0.25) is 0 Å². The zero-order chi connectivity index (χ0) is 15.1. The van der Waals surface area contributed by atoms with E-state index < -0.39 is 5.97 Å². The maximum atomic E-state index is 11.4. The number of benzene rings is 1. The van der Waals surface area contributed by atoms with Crippen molar-refractivity contribution in [3.8, 4) is 5.69 Å². The van der Waals surface area contributed by atoms with E-state index in [0.717, 1.165) is 17.0 Å². The number of para-hydroxylation sites is 1. The number of nitrogens with zero attached hydrogens (tertiary/aromatic N) is 4. The lowest BCUT2D eigenvalue weighted by atomic mass is 10.2. The van der Waals surface area contributed by atoms with Crippen LogP contribution < -0.4 is 0 Å². The second-order valence-electron chi connectivity index (χ2n) is 5.31. The Bertz CT molecular complexity index is 829. The number of carbonyl (C=O) groups is 1. The highest BCUT2D eigenvalue weighted by atomic mass is 16.4. The molecule has 108 valence electrons. The van der Waals surface area contributed by atoms with Crippen LogP contribution in [0.5, 0.6) is 0 Å². The van der Waals surface area contributed by atoms with E-state index in [4.69, 9.17) is 0 Å². The van der Waals surface area contributed by atoms with Crippen LogP contribution in [-0.2, 0) is 7.05 Å². The highest BCUT2D eigenvalue weighted by molar-refractivity contribution is 6.01. The van der Waals surface area contributed by atoms with Gasteiger partial charge in [-0.25, -0.2) is 9.78 Å². The Morgan fingerprint density at radius 3 is 2.67 bits per heavy atom. The van der Waals surface area contributed by atoms with Crippen molar-refractivity contribution < 1.29 is 9.90 Å². The van der Waals surface area contributed by atoms with E-state index in [2.05, 4.69) is 10.1 Å². The summed E-state index contributed by atoms with van der Waals surface area (Å²) in [5, 5.41) is 13.5. The molecule has 1 N–H and O–H groups in total. The quantitative estimate of drug-likeness (QED) is 0.802.